The van der Waals surface area contributed by atoms with Crippen molar-refractivity contribution in [1.82, 2.24) is 9.88 Å². The normalized spacial score (nSPS) is 22.0. The van der Waals surface area contributed by atoms with Crippen LogP contribution in [-0.4, -0.2) is 34.8 Å². The van der Waals surface area contributed by atoms with Crippen molar-refractivity contribution in [3.05, 3.63) is 28.8 Å². The summed E-state index contributed by atoms with van der Waals surface area (Å²) in [6, 6.07) is 1.44. The SMILES string of the molecule is Fc1cnc(Cl)cc1CN1CCC(C2(C(F)(F)F)N=N2)CC1. The van der Waals surface area contributed by atoms with E-state index in [1.165, 1.54) is 6.07 Å². The van der Waals surface area contributed by atoms with Gasteiger partial charge in [-0.05, 0) is 32.0 Å². The summed E-state index contributed by atoms with van der Waals surface area (Å²) in [5, 5.41) is 6.71. The Kier molecular flexibility index (Phi) is 3.84. The number of pyridine rings is 1. The minimum Gasteiger partial charge on any atom is -0.299 e. The molecule has 0 unspecified atom stereocenters. The molecule has 0 amide bonds. The Morgan fingerprint density at radius 1 is 1.27 bits per heavy atom. The molecule has 0 spiro atoms. The fourth-order valence-corrected chi connectivity index (χ4v) is 3.05. The third kappa shape index (κ3) is 2.81. The summed E-state index contributed by atoms with van der Waals surface area (Å²) >= 11 is 5.73. The molecule has 2 aliphatic heterocycles. The first-order valence-electron chi connectivity index (χ1n) is 6.85. The first-order chi connectivity index (χ1) is 10.3. The average Bonchev–Trinajstić information content (AvgIpc) is 3.25. The number of piperidine rings is 1. The molecule has 1 aromatic heterocycles. The highest BCUT2D eigenvalue weighted by Gasteiger charge is 2.67. The maximum atomic E-state index is 13.6. The Labute approximate surface area is 129 Å². The predicted molar refractivity (Wildman–Crippen MR) is 70.8 cm³/mol. The van der Waals surface area contributed by atoms with Crippen LogP contribution in [0.2, 0.25) is 5.15 Å². The lowest BCUT2D eigenvalue weighted by Crippen LogP contribution is -2.45. The second-order valence-corrected chi connectivity index (χ2v) is 5.96. The first-order valence-corrected chi connectivity index (χ1v) is 7.23. The van der Waals surface area contributed by atoms with Gasteiger partial charge in [0.05, 0.1) is 6.20 Å². The Bertz CT molecular complexity index is 590. The van der Waals surface area contributed by atoms with Crippen molar-refractivity contribution in [2.24, 2.45) is 16.1 Å². The van der Waals surface area contributed by atoms with Gasteiger partial charge < -0.3 is 0 Å². The van der Waals surface area contributed by atoms with Gasteiger partial charge in [0.2, 0.25) is 0 Å². The lowest BCUT2D eigenvalue weighted by molar-refractivity contribution is -0.180. The third-order valence-electron chi connectivity index (χ3n) is 4.18. The molecular formula is C13H13ClF4N4. The number of hydrogen-bond acceptors (Lipinski definition) is 4. The largest absolute Gasteiger partial charge is 0.437 e. The van der Waals surface area contributed by atoms with E-state index < -0.39 is 23.6 Å². The molecule has 3 heterocycles. The third-order valence-corrected chi connectivity index (χ3v) is 4.39. The maximum absolute atomic E-state index is 13.6. The van der Waals surface area contributed by atoms with Crippen LogP contribution >= 0.6 is 11.6 Å². The van der Waals surface area contributed by atoms with Gasteiger partial charge in [0, 0.05) is 18.0 Å². The summed E-state index contributed by atoms with van der Waals surface area (Å²) in [7, 11) is 0. The molecule has 0 aliphatic carbocycles. The van der Waals surface area contributed by atoms with Gasteiger partial charge >= 0.3 is 6.18 Å². The number of aromatic nitrogens is 1. The molecule has 3 rings (SSSR count). The van der Waals surface area contributed by atoms with Crippen LogP contribution < -0.4 is 0 Å². The smallest absolute Gasteiger partial charge is 0.299 e. The highest BCUT2D eigenvalue weighted by Crippen LogP contribution is 2.52. The summed E-state index contributed by atoms with van der Waals surface area (Å²) < 4.78 is 52.5. The summed E-state index contributed by atoms with van der Waals surface area (Å²) in [5.41, 5.74) is -1.80. The molecule has 0 N–H and O–H groups in total. The highest BCUT2D eigenvalue weighted by atomic mass is 35.5. The average molecular weight is 337 g/mol. The number of hydrogen-bond donors (Lipinski definition) is 0. The standard InChI is InChI=1S/C13H13ClF4N4/c14-11-5-8(10(15)6-19-11)7-22-3-1-9(2-4-22)12(20-21-12)13(16,17)18/h5-6,9H,1-4,7H2. The van der Waals surface area contributed by atoms with E-state index in [0.29, 0.717) is 38.0 Å². The Morgan fingerprint density at radius 2 is 1.91 bits per heavy atom. The number of nitrogens with zero attached hydrogens (tertiary/aromatic N) is 4. The molecule has 120 valence electrons. The topological polar surface area (TPSA) is 40.9 Å². The number of rotatable bonds is 3. The number of likely N-dealkylation sites (tertiary alicyclic amines) is 1. The van der Waals surface area contributed by atoms with Gasteiger partial charge in [-0.3, -0.25) is 4.90 Å². The molecule has 1 aromatic rings. The fraction of sp³-hybridized carbons (Fsp3) is 0.615. The number of alkyl halides is 3. The van der Waals surface area contributed by atoms with E-state index in [-0.39, 0.29) is 5.15 Å². The lowest BCUT2D eigenvalue weighted by atomic mass is 9.86. The molecule has 1 fully saturated rings. The van der Waals surface area contributed by atoms with Crippen molar-refractivity contribution in [2.75, 3.05) is 13.1 Å². The number of halogens is 5. The van der Waals surface area contributed by atoms with Gasteiger partial charge in [-0.25, -0.2) is 9.37 Å². The zero-order chi connectivity index (χ0) is 16.0. The predicted octanol–water partition coefficient (Wildman–Crippen LogP) is 3.81. The van der Waals surface area contributed by atoms with Crippen molar-refractivity contribution < 1.29 is 17.6 Å². The highest BCUT2D eigenvalue weighted by molar-refractivity contribution is 6.29. The van der Waals surface area contributed by atoms with E-state index in [1.54, 1.807) is 0 Å². The van der Waals surface area contributed by atoms with E-state index >= 15 is 0 Å². The van der Waals surface area contributed by atoms with Crippen LogP contribution in [0.25, 0.3) is 0 Å². The minimum atomic E-state index is -4.43. The van der Waals surface area contributed by atoms with Gasteiger partial charge in [-0.15, -0.1) is 10.2 Å². The molecule has 0 aromatic carbocycles. The zero-order valence-electron chi connectivity index (χ0n) is 11.4. The van der Waals surface area contributed by atoms with Crippen LogP contribution in [0.4, 0.5) is 17.6 Å². The van der Waals surface area contributed by atoms with Crippen molar-refractivity contribution in [3.8, 4) is 0 Å². The minimum absolute atomic E-state index is 0.192. The molecule has 22 heavy (non-hydrogen) atoms. The quantitative estimate of drug-likeness (QED) is 0.622. The molecule has 0 bridgehead atoms. The molecule has 9 heteroatoms. The van der Waals surface area contributed by atoms with Crippen molar-refractivity contribution in [1.29, 1.82) is 0 Å². The van der Waals surface area contributed by atoms with E-state index in [2.05, 4.69) is 15.2 Å². The van der Waals surface area contributed by atoms with Crippen LogP contribution in [-0.2, 0) is 6.54 Å². The Balaban J connectivity index is 1.60. The van der Waals surface area contributed by atoms with Crippen LogP contribution in [0.1, 0.15) is 18.4 Å². The summed E-state index contributed by atoms with van der Waals surface area (Å²) in [6.07, 6.45) is -2.73. The van der Waals surface area contributed by atoms with Crippen molar-refractivity contribution in [2.45, 2.75) is 31.2 Å². The molecule has 0 atom stereocenters. The van der Waals surface area contributed by atoms with E-state index in [4.69, 9.17) is 11.6 Å². The van der Waals surface area contributed by atoms with Crippen LogP contribution in [0.3, 0.4) is 0 Å². The van der Waals surface area contributed by atoms with E-state index in [1.807, 2.05) is 4.90 Å². The zero-order valence-corrected chi connectivity index (χ0v) is 12.2. The molecule has 0 radical (unpaired) electrons. The summed E-state index contributed by atoms with van der Waals surface area (Å²) in [5.74, 6) is -1.10. The van der Waals surface area contributed by atoms with E-state index in [0.717, 1.165) is 6.20 Å². The van der Waals surface area contributed by atoms with E-state index in [9.17, 15) is 17.6 Å². The maximum Gasteiger partial charge on any atom is 0.437 e. The summed E-state index contributed by atoms with van der Waals surface area (Å²) in [4.78, 5) is 5.53. The molecule has 0 saturated carbocycles. The van der Waals surface area contributed by atoms with Crippen molar-refractivity contribution in [3.63, 3.8) is 0 Å². The van der Waals surface area contributed by atoms with Gasteiger partial charge in [-0.2, -0.15) is 13.2 Å². The molecular weight excluding hydrogens is 324 g/mol. The van der Waals surface area contributed by atoms with Crippen LogP contribution in [0.15, 0.2) is 22.5 Å². The molecule has 2 aliphatic rings. The second kappa shape index (κ2) is 5.42. The summed E-state index contributed by atoms with van der Waals surface area (Å²) in [6.45, 7) is 1.17. The molecule has 1 saturated heterocycles. The first kappa shape index (κ1) is 15.6. The Morgan fingerprint density at radius 3 is 2.45 bits per heavy atom. The Hall–Kier alpha value is -1.28. The fourth-order valence-electron chi connectivity index (χ4n) is 2.87. The monoisotopic (exact) mass is 336 g/mol. The van der Waals surface area contributed by atoms with Crippen LogP contribution in [0.5, 0.6) is 0 Å². The molecule has 4 nitrogen and oxygen atoms in total. The van der Waals surface area contributed by atoms with Gasteiger partial charge in [0.15, 0.2) is 0 Å². The van der Waals surface area contributed by atoms with Crippen molar-refractivity contribution >= 4 is 11.6 Å². The van der Waals surface area contributed by atoms with Gasteiger partial charge in [-0.1, -0.05) is 11.6 Å². The van der Waals surface area contributed by atoms with Crippen LogP contribution in [0, 0.1) is 11.7 Å². The van der Waals surface area contributed by atoms with Gasteiger partial charge in [0.25, 0.3) is 5.66 Å². The second-order valence-electron chi connectivity index (χ2n) is 5.57. The van der Waals surface area contributed by atoms with Gasteiger partial charge in [0.1, 0.15) is 11.0 Å². The lowest BCUT2D eigenvalue weighted by Gasteiger charge is -2.34.